The van der Waals surface area contributed by atoms with Crippen molar-refractivity contribution in [2.45, 2.75) is 58.2 Å². The van der Waals surface area contributed by atoms with Crippen LogP contribution in [-0.4, -0.2) is 47.2 Å². The molecule has 2 rings (SSSR count). The first-order valence-electron chi connectivity index (χ1n) is 8.52. The fourth-order valence-electron chi connectivity index (χ4n) is 2.89. The van der Waals surface area contributed by atoms with E-state index in [0.717, 1.165) is 24.9 Å². The average Bonchev–Trinajstić information content (AvgIpc) is 2.92. The molecule has 0 aliphatic carbocycles. The summed E-state index contributed by atoms with van der Waals surface area (Å²) in [5.41, 5.74) is 0.469. The van der Waals surface area contributed by atoms with Gasteiger partial charge in [-0.25, -0.2) is 9.78 Å². The maximum atomic E-state index is 11.9. The Balaban J connectivity index is 1.96. The monoisotopic (exact) mass is 349 g/mol. The van der Waals surface area contributed by atoms with Crippen LogP contribution >= 0.6 is 0 Å². The van der Waals surface area contributed by atoms with Crippen molar-refractivity contribution < 1.29 is 19.1 Å². The highest BCUT2D eigenvalue weighted by Gasteiger charge is 2.27. The van der Waals surface area contributed by atoms with Crippen LogP contribution in [0.2, 0.25) is 0 Å². The van der Waals surface area contributed by atoms with Crippen LogP contribution in [0.3, 0.4) is 0 Å². The number of aromatic nitrogens is 1. The van der Waals surface area contributed by atoms with Crippen molar-refractivity contribution >= 4 is 17.9 Å². The standard InChI is InChI=1S/C18H27N3O4/c1-18(2,3)25-17(23)20-15-10-13(7-8-19-15)12-21-9-5-6-14(21)11-16(22)24-4/h7-8,10,14H,5-6,9,11-12H2,1-4H3,(H,19,20,23). The first-order chi connectivity index (χ1) is 11.8. The van der Waals surface area contributed by atoms with Gasteiger partial charge in [-0.15, -0.1) is 0 Å². The molecule has 1 aliphatic rings. The van der Waals surface area contributed by atoms with Crippen LogP contribution in [-0.2, 0) is 20.8 Å². The third-order valence-corrected chi connectivity index (χ3v) is 3.97. The molecule has 0 spiro atoms. The topological polar surface area (TPSA) is 80.8 Å². The number of rotatable bonds is 5. The van der Waals surface area contributed by atoms with Crippen molar-refractivity contribution in [1.82, 2.24) is 9.88 Å². The zero-order chi connectivity index (χ0) is 18.4. The van der Waals surface area contributed by atoms with Crippen LogP contribution in [0.4, 0.5) is 10.6 Å². The lowest BCUT2D eigenvalue weighted by Gasteiger charge is -2.24. The SMILES string of the molecule is COC(=O)CC1CCCN1Cc1ccnc(NC(=O)OC(C)(C)C)c1. The number of ether oxygens (including phenoxy) is 2. The van der Waals surface area contributed by atoms with E-state index in [-0.39, 0.29) is 12.0 Å². The highest BCUT2D eigenvalue weighted by atomic mass is 16.6. The molecule has 7 nitrogen and oxygen atoms in total. The summed E-state index contributed by atoms with van der Waals surface area (Å²) < 4.78 is 10.0. The molecule has 0 aromatic carbocycles. The second-order valence-electron chi connectivity index (χ2n) is 7.22. The number of methoxy groups -OCH3 is 1. The molecule has 1 aromatic heterocycles. The lowest BCUT2D eigenvalue weighted by molar-refractivity contribution is -0.141. The van der Waals surface area contributed by atoms with E-state index in [1.54, 1.807) is 6.20 Å². The van der Waals surface area contributed by atoms with E-state index in [0.29, 0.717) is 18.8 Å². The maximum absolute atomic E-state index is 11.9. The molecule has 25 heavy (non-hydrogen) atoms. The van der Waals surface area contributed by atoms with Gasteiger partial charge in [-0.3, -0.25) is 15.0 Å². The summed E-state index contributed by atoms with van der Waals surface area (Å²) in [6.45, 7) is 7.08. The molecule has 1 unspecified atom stereocenters. The maximum Gasteiger partial charge on any atom is 0.413 e. The smallest absolute Gasteiger partial charge is 0.413 e. The number of hydrogen-bond acceptors (Lipinski definition) is 6. The van der Waals surface area contributed by atoms with E-state index in [2.05, 4.69) is 15.2 Å². The van der Waals surface area contributed by atoms with Gasteiger partial charge in [0.05, 0.1) is 13.5 Å². The van der Waals surface area contributed by atoms with E-state index in [1.165, 1.54) is 7.11 Å². The van der Waals surface area contributed by atoms with Crippen molar-refractivity contribution in [3.63, 3.8) is 0 Å². The van der Waals surface area contributed by atoms with E-state index < -0.39 is 11.7 Å². The summed E-state index contributed by atoms with van der Waals surface area (Å²) in [7, 11) is 1.42. The Labute approximate surface area is 148 Å². The fraction of sp³-hybridized carbons (Fsp3) is 0.611. The average molecular weight is 349 g/mol. The van der Waals surface area contributed by atoms with Crippen molar-refractivity contribution in [2.75, 3.05) is 19.0 Å². The quantitative estimate of drug-likeness (QED) is 0.823. The largest absolute Gasteiger partial charge is 0.469 e. The molecule has 138 valence electrons. The number of hydrogen-bond donors (Lipinski definition) is 1. The number of pyridine rings is 1. The number of anilines is 1. The van der Waals surface area contributed by atoms with E-state index >= 15 is 0 Å². The summed E-state index contributed by atoms with van der Waals surface area (Å²) in [5.74, 6) is 0.273. The van der Waals surface area contributed by atoms with Crippen LogP contribution in [0.15, 0.2) is 18.3 Å². The van der Waals surface area contributed by atoms with Gasteiger partial charge in [0.25, 0.3) is 0 Å². The minimum Gasteiger partial charge on any atom is -0.469 e. The Morgan fingerprint density at radius 1 is 1.40 bits per heavy atom. The predicted octanol–water partition coefficient (Wildman–Crippen LogP) is 2.96. The zero-order valence-electron chi connectivity index (χ0n) is 15.4. The van der Waals surface area contributed by atoms with Gasteiger partial charge in [-0.2, -0.15) is 0 Å². The second kappa shape index (κ2) is 8.29. The minimum atomic E-state index is -0.557. The van der Waals surface area contributed by atoms with Gasteiger partial charge < -0.3 is 9.47 Å². The summed E-state index contributed by atoms with van der Waals surface area (Å²) in [6, 6.07) is 3.94. The number of nitrogens with one attached hydrogen (secondary N) is 1. The molecular formula is C18H27N3O4. The van der Waals surface area contributed by atoms with Crippen LogP contribution in [0.25, 0.3) is 0 Å². The molecule has 0 radical (unpaired) electrons. The molecule has 2 heterocycles. The summed E-state index contributed by atoms with van der Waals surface area (Å²) in [5, 5.41) is 2.65. The Hall–Kier alpha value is -2.15. The molecule has 7 heteroatoms. The van der Waals surface area contributed by atoms with Gasteiger partial charge in [0.15, 0.2) is 0 Å². The van der Waals surface area contributed by atoms with Gasteiger partial charge in [0.1, 0.15) is 11.4 Å². The number of amides is 1. The Kier molecular flexibility index (Phi) is 6.36. The number of likely N-dealkylation sites (tertiary alicyclic amines) is 1. The van der Waals surface area contributed by atoms with Crippen molar-refractivity contribution in [1.29, 1.82) is 0 Å². The molecule has 1 N–H and O–H groups in total. The number of carbonyl (C=O) groups excluding carboxylic acids is 2. The molecule has 1 saturated heterocycles. The highest BCUT2D eigenvalue weighted by molar-refractivity contribution is 5.83. The first kappa shape index (κ1) is 19.2. The van der Waals surface area contributed by atoms with Gasteiger partial charge in [0, 0.05) is 18.8 Å². The molecular weight excluding hydrogens is 322 g/mol. The Morgan fingerprint density at radius 3 is 2.84 bits per heavy atom. The third-order valence-electron chi connectivity index (χ3n) is 3.97. The number of esters is 1. The molecule has 0 saturated carbocycles. The summed E-state index contributed by atoms with van der Waals surface area (Å²) >= 11 is 0. The summed E-state index contributed by atoms with van der Waals surface area (Å²) in [4.78, 5) is 29.8. The fourth-order valence-corrected chi connectivity index (χ4v) is 2.89. The first-order valence-corrected chi connectivity index (χ1v) is 8.52. The molecule has 1 atom stereocenters. The van der Waals surface area contributed by atoms with Crippen molar-refractivity contribution in [2.24, 2.45) is 0 Å². The predicted molar refractivity (Wildman–Crippen MR) is 94.2 cm³/mol. The van der Waals surface area contributed by atoms with Crippen LogP contribution in [0.5, 0.6) is 0 Å². The van der Waals surface area contributed by atoms with Gasteiger partial charge in [-0.1, -0.05) is 0 Å². The Morgan fingerprint density at radius 2 is 2.16 bits per heavy atom. The lowest BCUT2D eigenvalue weighted by atomic mass is 10.1. The van der Waals surface area contributed by atoms with E-state index in [4.69, 9.17) is 9.47 Å². The third kappa shape index (κ3) is 6.34. The summed E-state index contributed by atoms with van der Waals surface area (Å²) in [6.07, 6.45) is 3.60. The number of carbonyl (C=O) groups is 2. The normalized spacial score (nSPS) is 18.0. The molecule has 1 aliphatic heterocycles. The number of nitrogens with zero attached hydrogens (tertiary/aromatic N) is 2. The minimum absolute atomic E-state index is 0.182. The van der Waals surface area contributed by atoms with Gasteiger partial charge in [0.2, 0.25) is 0 Å². The molecule has 1 aromatic rings. The van der Waals surface area contributed by atoms with Gasteiger partial charge >= 0.3 is 12.1 Å². The Bertz CT molecular complexity index is 613. The zero-order valence-corrected chi connectivity index (χ0v) is 15.4. The second-order valence-corrected chi connectivity index (χ2v) is 7.22. The molecule has 1 fully saturated rings. The van der Waals surface area contributed by atoms with Crippen LogP contribution < -0.4 is 5.32 Å². The van der Waals surface area contributed by atoms with E-state index in [9.17, 15) is 9.59 Å². The van der Waals surface area contributed by atoms with Crippen LogP contribution in [0.1, 0.15) is 45.6 Å². The lowest BCUT2D eigenvalue weighted by Crippen LogP contribution is -2.31. The van der Waals surface area contributed by atoms with E-state index in [1.807, 2.05) is 32.9 Å². The van der Waals surface area contributed by atoms with Crippen molar-refractivity contribution in [3.8, 4) is 0 Å². The van der Waals surface area contributed by atoms with Gasteiger partial charge in [-0.05, 0) is 57.9 Å². The van der Waals surface area contributed by atoms with Crippen molar-refractivity contribution in [3.05, 3.63) is 23.9 Å². The molecule has 0 bridgehead atoms. The van der Waals surface area contributed by atoms with Crippen LogP contribution in [0, 0.1) is 0 Å². The molecule has 1 amide bonds. The highest BCUT2D eigenvalue weighted by Crippen LogP contribution is 2.23.